The van der Waals surface area contributed by atoms with Gasteiger partial charge in [-0.05, 0) is 49.8 Å². The molecule has 1 aliphatic rings. The number of aromatic nitrogens is 2. The zero-order valence-corrected chi connectivity index (χ0v) is 12.3. The van der Waals surface area contributed by atoms with E-state index in [4.69, 9.17) is 11.6 Å². The first-order valence-corrected chi connectivity index (χ1v) is 7.74. The summed E-state index contributed by atoms with van der Waals surface area (Å²) in [6.45, 7) is 2.21. The maximum Gasteiger partial charge on any atom is 0.225 e. The fraction of sp³-hybridized carbons (Fsp3) is 0.538. The highest BCUT2D eigenvalue weighted by molar-refractivity contribution is 7.19. The molecule has 0 aliphatic heterocycles. The molecule has 2 aromatic rings. The topological polar surface area (TPSA) is 58.0 Å². The van der Waals surface area contributed by atoms with Gasteiger partial charge in [0.15, 0.2) is 0 Å². The zero-order chi connectivity index (χ0) is 13.4. The van der Waals surface area contributed by atoms with Crippen LogP contribution >= 0.6 is 22.9 Å². The van der Waals surface area contributed by atoms with E-state index < -0.39 is 6.10 Å². The third-order valence-electron chi connectivity index (χ3n) is 3.35. The largest absolute Gasteiger partial charge is 0.392 e. The number of thiophene rings is 1. The molecule has 0 fully saturated rings. The number of hydrogen-bond donors (Lipinski definition) is 2. The van der Waals surface area contributed by atoms with Crippen LogP contribution in [0.2, 0.25) is 5.28 Å². The molecule has 102 valence electrons. The Labute approximate surface area is 120 Å². The van der Waals surface area contributed by atoms with Crippen molar-refractivity contribution in [1.82, 2.24) is 9.97 Å². The van der Waals surface area contributed by atoms with E-state index in [0.29, 0.717) is 6.54 Å². The molecule has 0 saturated heterocycles. The van der Waals surface area contributed by atoms with Crippen LogP contribution in [0.1, 0.15) is 30.2 Å². The van der Waals surface area contributed by atoms with Gasteiger partial charge in [0.25, 0.3) is 0 Å². The van der Waals surface area contributed by atoms with Gasteiger partial charge in [0.05, 0.1) is 11.5 Å². The Morgan fingerprint density at radius 3 is 2.95 bits per heavy atom. The number of hydrogen-bond acceptors (Lipinski definition) is 5. The van der Waals surface area contributed by atoms with Gasteiger partial charge in [-0.3, -0.25) is 0 Å². The van der Waals surface area contributed by atoms with E-state index in [-0.39, 0.29) is 5.28 Å². The molecule has 1 unspecified atom stereocenters. The van der Waals surface area contributed by atoms with Crippen molar-refractivity contribution in [3.63, 3.8) is 0 Å². The Hall–Kier alpha value is -0.910. The Balaban J connectivity index is 2.10. The number of anilines is 1. The van der Waals surface area contributed by atoms with Crippen LogP contribution in [-0.4, -0.2) is 27.7 Å². The second-order valence-electron chi connectivity index (χ2n) is 4.96. The lowest BCUT2D eigenvalue weighted by Gasteiger charge is -2.13. The van der Waals surface area contributed by atoms with Crippen molar-refractivity contribution in [2.24, 2.45) is 0 Å². The van der Waals surface area contributed by atoms with Crippen molar-refractivity contribution in [3.05, 3.63) is 15.7 Å². The summed E-state index contributed by atoms with van der Waals surface area (Å²) in [6, 6.07) is 0. The lowest BCUT2D eigenvalue weighted by molar-refractivity contribution is 0.208. The highest BCUT2D eigenvalue weighted by atomic mass is 35.5. The molecule has 2 N–H and O–H groups in total. The van der Waals surface area contributed by atoms with Crippen LogP contribution in [0.15, 0.2) is 0 Å². The first-order valence-electron chi connectivity index (χ1n) is 6.55. The van der Waals surface area contributed by atoms with Gasteiger partial charge < -0.3 is 10.4 Å². The van der Waals surface area contributed by atoms with E-state index in [1.54, 1.807) is 18.3 Å². The van der Waals surface area contributed by atoms with Crippen molar-refractivity contribution in [2.45, 2.75) is 38.7 Å². The molecule has 3 rings (SSSR count). The predicted molar refractivity (Wildman–Crippen MR) is 79.2 cm³/mol. The van der Waals surface area contributed by atoms with Crippen molar-refractivity contribution in [3.8, 4) is 0 Å². The van der Waals surface area contributed by atoms with Crippen LogP contribution in [0, 0.1) is 0 Å². The normalized spacial score (nSPS) is 16.4. The average molecular weight is 298 g/mol. The van der Waals surface area contributed by atoms with Crippen LogP contribution in [0.25, 0.3) is 10.2 Å². The van der Waals surface area contributed by atoms with Crippen LogP contribution in [0.4, 0.5) is 5.82 Å². The lowest BCUT2D eigenvalue weighted by Crippen LogP contribution is -2.16. The second-order valence-corrected chi connectivity index (χ2v) is 6.38. The number of fused-ring (bicyclic) bond motifs is 3. The molecule has 0 aromatic carbocycles. The molecule has 6 heteroatoms. The Bertz CT molecular complexity index is 611. The second kappa shape index (κ2) is 5.23. The summed E-state index contributed by atoms with van der Waals surface area (Å²) in [5.41, 5.74) is 1.37. The molecule has 2 aromatic heterocycles. The molecule has 4 nitrogen and oxygen atoms in total. The summed E-state index contributed by atoms with van der Waals surface area (Å²) < 4.78 is 0. The van der Waals surface area contributed by atoms with Crippen LogP contribution < -0.4 is 5.32 Å². The van der Waals surface area contributed by atoms with E-state index >= 15 is 0 Å². The maximum absolute atomic E-state index is 9.41. The van der Waals surface area contributed by atoms with Gasteiger partial charge in [-0.1, -0.05) is 0 Å². The minimum atomic E-state index is -0.418. The average Bonchev–Trinajstić information content (AvgIpc) is 2.73. The van der Waals surface area contributed by atoms with Crippen LogP contribution in [-0.2, 0) is 12.8 Å². The van der Waals surface area contributed by atoms with E-state index in [0.717, 1.165) is 28.9 Å². The number of rotatable bonds is 3. The monoisotopic (exact) mass is 297 g/mol. The zero-order valence-electron chi connectivity index (χ0n) is 10.7. The summed E-state index contributed by atoms with van der Waals surface area (Å²) in [5.74, 6) is 0.760. The van der Waals surface area contributed by atoms with Crippen molar-refractivity contribution in [1.29, 1.82) is 0 Å². The highest BCUT2D eigenvalue weighted by Gasteiger charge is 2.20. The highest BCUT2D eigenvalue weighted by Crippen LogP contribution is 2.38. The number of aryl methyl sites for hydroxylation is 2. The summed E-state index contributed by atoms with van der Waals surface area (Å²) >= 11 is 7.71. The Morgan fingerprint density at radius 1 is 1.37 bits per heavy atom. The number of halogens is 1. The minimum absolute atomic E-state index is 0.263. The third kappa shape index (κ3) is 2.55. The first kappa shape index (κ1) is 13.1. The van der Waals surface area contributed by atoms with Crippen molar-refractivity contribution in [2.75, 3.05) is 11.9 Å². The molecule has 1 atom stereocenters. The molecule has 0 spiro atoms. The summed E-state index contributed by atoms with van der Waals surface area (Å²) in [4.78, 5) is 11.0. The van der Waals surface area contributed by atoms with E-state index in [1.165, 1.54) is 23.3 Å². The molecular formula is C13H16ClN3OS. The van der Waals surface area contributed by atoms with E-state index in [9.17, 15) is 5.11 Å². The number of aliphatic hydroxyl groups excluding tert-OH is 1. The minimum Gasteiger partial charge on any atom is -0.392 e. The molecular weight excluding hydrogens is 282 g/mol. The molecule has 0 saturated carbocycles. The molecule has 0 radical (unpaired) electrons. The number of nitrogens with zero attached hydrogens (tertiary/aromatic N) is 2. The van der Waals surface area contributed by atoms with Gasteiger partial charge in [0.2, 0.25) is 5.28 Å². The van der Waals surface area contributed by atoms with Gasteiger partial charge >= 0.3 is 0 Å². The van der Waals surface area contributed by atoms with Crippen molar-refractivity contribution >= 4 is 39.0 Å². The number of nitrogens with one attached hydrogen (secondary N) is 1. The van der Waals surface area contributed by atoms with Gasteiger partial charge in [-0.25, -0.2) is 9.97 Å². The van der Waals surface area contributed by atoms with Crippen molar-refractivity contribution < 1.29 is 5.11 Å². The SMILES string of the molecule is CC(O)CNc1nc(Cl)nc2sc3c(c12)CCCC3. The molecule has 0 amide bonds. The fourth-order valence-electron chi connectivity index (χ4n) is 2.50. The summed E-state index contributed by atoms with van der Waals surface area (Å²) in [7, 11) is 0. The van der Waals surface area contributed by atoms with Crippen LogP contribution in [0.5, 0.6) is 0 Å². The van der Waals surface area contributed by atoms with Gasteiger partial charge in [0, 0.05) is 11.4 Å². The van der Waals surface area contributed by atoms with Gasteiger partial charge in [0.1, 0.15) is 10.6 Å². The van der Waals surface area contributed by atoms with Gasteiger partial charge in [-0.2, -0.15) is 0 Å². The third-order valence-corrected chi connectivity index (χ3v) is 4.71. The van der Waals surface area contributed by atoms with E-state index in [2.05, 4.69) is 15.3 Å². The smallest absolute Gasteiger partial charge is 0.225 e. The molecule has 0 bridgehead atoms. The van der Waals surface area contributed by atoms with E-state index in [1.807, 2.05) is 0 Å². The fourth-order valence-corrected chi connectivity index (χ4v) is 3.98. The Morgan fingerprint density at radius 2 is 2.16 bits per heavy atom. The summed E-state index contributed by atoms with van der Waals surface area (Å²) in [5, 5.41) is 14.0. The maximum atomic E-state index is 9.41. The lowest BCUT2D eigenvalue weighted by atomic mass is 9.97. The number of aliphatic hydroxyl groups is 1. The molecule has 19 heavy (non-hydrogen) atoms. The summed E-state index contributed by atoms with van der Waals surface area (Å²) in [6.07, 6.45) is 4.26. The van der Waals surface area contributed by atoms with Crippen LogP contribution in [0.3, 0.4) is 0 Å². The Kier molecular flexibility index (Phi) is 3.60. The predicted octanol–water partition coefficient (Wildman–Crippen LogP) is 3.02. The first-order chi connectivity index (χ1) is 9.15. The quantitative estimate of drug-likeness (QED) is 0.855. The standard InChI is InChI=1S/C13H16ClN3OS/c1-7(18)6-15-11-10-8-4-2-3-5-9(8)19-12(10)17-13(14)16-11/h7,18H,2-6H2,1H3,(H,15,16,17). The molecule has 1 aliphatic carbocycles. The molecule has 2 heterocycles. The van der Waals surface area contributed by atoms with Gasteiger partial charge in [-0.15, -0.1) is 11.3 Å².